The number of Topliss-reactive ketones (excluding diaryl/α,β-unsaturated/α-hetero) is 1. The van der Waals surface area contributed by atoms with Gasteiger partial charge in [0.25, 0.3) is 0 Å². The first-order chi connectivity index (χ1) is 14.1. The van der Waals surface area contributed by atoms with Gasteiger partial charge in [-0.2, -0.15) is 10.5 Å². The number of nitriles is 2. The van der Waals surface area contributed by atoms with E-state index in [-0.39, 0.29) is 5.78 Å². The number of hydrogen-bond donors (Lipinski definition) is 0. The molecule has 5 nitrogen and oxygen atoms in total. The molecule has 0 radical (unpaired) electrons. The average molecular weight is 383 g/mol. The fraction of sp³-hybridized carbons (Fsp3) is 0.292. The fourth-order valence-electron chi connectivity index (χ4n) is 4.82. The molecule has 1 saturated heterocycles. The number of para-hydroxylation sites is 1. The molecule has 0 unspecified atom stereocenters. The minimum Gasteiger partial charge on any atom is -0.494 e. The molecule has 2 aliphatic rings. The molecule has 1 fully saturated rings. The van der Waals surface area contributed by atoms with E-state index in [0.29, 0.717) is 12.4 Å². The lowest BCUT2D eigenvalue weighted by atomic mass is 9.67. The second-order valence-corrected chi connectivity index (χ2v) is 7.39. The second-order valence-electron chi connectivity index (χ2n) is 7.39. The summed E-state index contributed by atoms with van der Waals surface area (Å²) in [6, 6.07) is 18.6. The van der Waals surface area contributed by atoms with E-state index in [1.165, 1.54) is 6.92 Å². The Kier molecular flexibility index (Phi) is 4.60. The second kappa shape index (κ2) is 7.11. The molecule has 0 aliphatic carbocycles. The summed E-state index contributed by atoms with van der Waals surface area (Å²) in [6.45, 7) is 3.87. The number of hydrogen-bond acceptors (Lipinski definition) is 5. The van der Waals surface area contributed by atoms with Crippen molar-refractivity contribution in [1.29, 1.82) is 10.5 Å². The molecular weight excluding hydrogens is 362 g/mol. The number of benzene rings is 2. The Bertz CT molecular complexity index is 1060. The summed E-state index contributed by atoms with van der Waals surface area (Å²) in [5.74, 6) is -0.112. The predicted octanol–water partition coefficient (Wildman–Crippen LogP) is 4.20. The highest BCUT2D eigenvalue weighted by atomic mass is 16.5. The number of carbonyl (C=O) groups is 1. The zero-order valence-corrected chi connectivity index (χ0v) is 16.4. The van der Waals surface area contributed by atoms with Crippen molar-refractivity contribution in [3.63, 3.8) is 0 Å². The third-order valence-electron chi connectivity index (χ3n) is 5.91. The highest BCUT2D eigenvalue weighted by Gasteiger charge is 2.63. The van der Waals surface area contributed by atoms with Gasteiger partial charge in [-0.3, -0.25) is 4.79 Å². The van der Waals surface area contributed by atoms with Crippen molar-refractivity contribution in [1.82, 2.24) is 4.90 Å². The number of fused-ring (bicyclic) bond motifs is 3. The van der Waals surface area contributed by atoms with Gasteiger partial charge in [-0.25, -0.2) is 0 Å². The van der Waals surface area contributed by atoms with Crippen LogP contribution < -0.4 is 4.74 Å². The van der Waals surface area contributed by atoms with Crippen molar-refractivity contribution in [2.75, 3.05) is 6.61 Å². The van der Waals surface area contributed by atoms with Crippen LogP contribution in [0.3, 0.4) is 0 Å². The molecule has 2 heterocycles. The van der Waals surface area contributed by atoms with Crippen molar-refractivity contribution in [2.24, 2.45) is 5.41 Å². The van der Waals surface area contributed by atoms with E-state index in [2.05, 4.69) is 12.1 Å². The first-order valence-electron chi connectivity index (χ1n) is 9.68. The number of ether oxygens (including phenoxy) is 1. The van der Waals surface area contributed by atoms with Crippen molar-refractivity contribution in [3.8, 4) is 17.9 Å². The van der Waals surface area contributed by atoms with Crippen LogP contribution in [0.15, 0.2) is 54.7 Å². The van der Waals surface area contributed by atoms with Gasteiger partial charge >= 0.3 is 0 Å². The van der Waals surface area contributed by atoms with E-state index >= 15 is 0 Å². The molecule has 0 amide bonds. The van der Waals surface area contributed by atoms with E-state index < -0.39 is 23.4 Å². The first kappa shape index (κ1) is 18.8. The molecule has 0 spiro atoms. The van der Waals surface area contributed by atoms with E-state index in [1.54, 1.807) is 0 Å². The Balaban J connectivity index is 2.01. The molecule has 5 heteroatoms. The zero-order chi connectivity index (χ0) is 20.6. The van der Waals surface area contributed by atoms with E-state index in [1.807, 2.05) is 72.6 Å². The van der Waals surface area contributed by atoms with Gasteiger partial charge in [0.05, 0.1) is 30.8 Å². The third-order valence-corrected chi connectivity index (χ3v) is 5.91. The minimum atomic E-state index is -1.44. The quantitative estimate of drug-likeness (QED) is 0.791. The fourth-order valence-corrected chi connectivity index (χ4v) is 4.82. The van der Waals surface area contributed by atoms with E-state index in [4.69, 9.17) is 4.74 Å². The van der Waals surface area contributed by atoms with Crippen molar-refractivity contribution >= 4 is 11.9 Å². The van der Waals surface area contributed by atoms with Crippen molar-refractivity contribution in [2.45, 2.75) is 31.8 Å². The number of carbonyl (C=O) groups excluding carboxylic acids is 1. The Morgan fingerprint density at radius 3 is 2.41 bits per heavy atom. The highest BCUT2D eigenvalue weighted by Crippen LogP contribution is 2.60. The van der Waals surface area contributed by atoms with Crippen LogP contribution >= 0.6 is 0 Å². The third kappa shape index (κ3) is 2.62. The van der Waals surface area contributed by atoms with Gasteiger partial charge in [-0.1, -0.05) is 42.5 Å². The highest BCUT2D eigenvalue weighted by molar-refractivity contribution is 5.85. The lowest BCUT2D eigenvalue weighted by Crippen LogP contribution is -2.36. The van der Waals surface area contributed by atoms with Crippen LogP contribution in [0.1, 0.15) is 42.5 Å². The Labute approximate surface area is 170 Å². The van der Waals surface area contributed by atoms with Crippen LogP contribution in [-0.2, 0) is 4.79 Å². The maximum atomic E-state index is 12.9. The van der Waals surface area contributed by atoms with Gasteiger partial charge in [0.2, 0.25) is 0 Å². The smallest absolute Gasteiger partial charge is 0.177 e. The van der Waals surface area contributed by atoms with Crippen molar-refractivity contribution in [3.05, 3.63) is 71.4 Å². The molecule has 0 aromatic heterocycles. The molecule has 3 atom stereocenters. The minimum absolute atomic E-state index is 0.0808. The predicted molar refractivity (Wildman–Crippen MR) is 109 cm³/mol. The monoisotopic (exact) mass is 383 g/mol. The SMILES string of the molecule is CCOc1ccccc1[C@@H]1[C@@H](C(C)=O)N2C=Cc3ccccc3[C@@H]2C1(C#N)C#N. The van der Waals surface area contributed by atoms with E-state index in [9.17, 15) is 15.3 Å². The Morgan fingerprint density at radius 2 is 1.76 bits per heavy atom. The summed E-state index contributed by atoms with van der Waals surface area (Å²) in [7, 11) is 0. The lowest BCUT2D eigenvalue weighted by Gasteiger charge is -2.34. The molecule has 2 aromatic rings. The zero-order valence-electron chi connectivity index (χ0n) is 16.4. The van der Waals surface area contributed by atoms with Crippen LogP contribution in [0.25, 0.3) is 6.08 Å². The molecule has 4 rings (SSSR count). The number of rotatable bonds is 4. The van der Waals surface area contributed by atoms with Crippen LogP contribution in [0.2, 0.25) is 0 Å². The summed E-state index contributed by atoms with van der Waals surface area (Å²) in [4.78, 5) is 14.7. The summed E-state index contributed by atoms with van der Waals surface area (Å²) in [5.41, 5.74) is 1.13. The van der Waals surface area contributed by atoms with Crippen LogP contribution in [0.5, 0.6) is 5.75 Å². The standard InChI is InChI=1S/C24H21N3O2/c1-3-29-20-11-7-6-10-19(20)21-22(16(2)28)27-13-12-17-8-4-5-9-18(17)23(27)24(21,14-25)15-26/h4-13,21-23H,3H2,1-2H3/t21-,22-,23-/m1/s1. The van der Waals surface area contributed by atoms with Gasteiger partial charge < -0.3 is 9.64 Å². The molecule has 0 N–H and O–H groups in total. The lowest BCUT2D eigenvalue weighted by molar-refractivity contribution is -0.121. The summed E-state index contributed by atoms with van der Waals surface area (Å²) in [6.07, 6.45) is 3.80. The molecule has 0 bridgehead atoms. The first-order valence-corrected chi connectivity index (χ1v) is 9.68. The van der Waals surface area contributed by atoms with Crippen molar-refractivity contribution < 1.29 is 9.53 Å². The average Bonchev–Trinajstić information content (AvgIpc) is 3.05. The molecule has 2 aromatic carbocycles. The largest absolute Gasteiger partial charge is 0.494 e. The number of ketones is 1. The van der Waals surface area contributed by atoms with Gasteiger partial charge in [0.15, 0.2) is 11.2 Å². The molecule has 0 saturated carbocycles. The molecule has 2 aliphatic heterocycles. The summed E-state index contributed by atoms with van der Waals surface area (Å²) >= 11 is 0. The maximum absolute atomic E-state index is 12.9. The normalized spacial score (nSPS) is 23.4. The molecular formula is C24H21N3O2. The Morgan fingerprint density at radius 1 is 1.10 bits per heavy atom. The van der Waals surface area contributed by atoms with E-state index in [0.717, 1.165) is 16.7 Å². The molecule has 144 valence electrons. The molecule has 29 heavy (non-hydrogen) atoms. The maximum Gasteiger partial charge on any atom is 0.177 e. The van der Waals surface area contributed by atoms with Crippen LogP contribution in [0, 0.1) is 28.1 Å². The van der Waals surface area contributed by atoms with Gasteiger partial charge in [0, 0.05) is 17.7 Å². The summed E-state index contributed by atoms with van der Waals surface area (Å²) < 4.78 is 5.82. The number of nitrogens with zero attached hydrogens (tertiary/aromatic N) is 3. The van der Waals surface area contributed by atoms with Crippen LogP contribution in [0.4, 0.5) is 0 Å². The topological polar surface area (TPSA) is 77.1 Å². The van der Waals surface area contributed by atoms with Gasteiger partial charge in [0.1, 0.15) is 5.75 Å². The van der Waals surface area contributed by atoms with Crippen LogP contribution in [-0.4, -0.2) is 23.3 Å². The Hall–Kier alpha value is -3.57. The van der Waals surface area contributed by atoms with Gasteiger partial charge in [-0.15, -0.1) is 0 Å². The van der Waals surface area contributed by atoms with Gasteiger partial charge in [-0.05, 0) is 37.1 Å². The summed E-state index contributed by atoms with van der Waals surface area (Å²) in [5, 5.41) is 20.7.